The number of methoxy groups -OCH3 is 1. The minimum Gasteiger partial charge on any atom is -0.390 e. The number of ether oxygens (including phenoxy) is 1. The fraction of sp³-hybridized carbons (Fsp3) is 0.375. The zero-order chi connectivity index (χ0) is 7.82. The highest BCUT2D eigenvalue weighted by atomic mass is 16.5. The van der Waals surface area contributed by atoms with Gasteiger partial charge in [-0.3, -0.25) is 0 Å². The third-order valence-corrected chi connectivity index (χ3v) is 0.827. The maximum atomic E-state index is 8.54. The molecule has 0 saturated heterocycles. The lowest BCUT2D eigenvalue weighted by Gasteiger charge is -1.85. The van der Waals surface area contributed by atoms with Crippen LogP contribution in [0.5, 0.6) is 0 Å². The molecule has 0 aromatic heterocycles. The van der Waals surface area contributed by atoms with Gasteiger partial charge in [0, 0.05) is 7.11 Å². The van der Waals surface area contributed by atoms with Crippen LogP contribution in [-0.2, 0) is 4.74 Å². The van der Waals surface area contributed by atoms with Crippen molar-refractivity contribution in [3.63, 3.8) is 0 Å². The fourth-order valence-corrected chi connectivity index (χ4v) is 0.355. The third kappa shape index (κ3) is 3.94. The van der Waals surface area contributed by atoms with Gasteiger partial charge in [-0.25, -0.2) is 0 Å². The Morgan fingerprint density at radius 2 is 2.40 bits per heavy atom. The van der Waals surface area contributed by atoms with E-state index in [4.69, 9.17) is 5.11 Å². The van der Waals surface area contributed by atoms with E-state index in [0.29, 0.717) is 12.2 Å². The van der Waals surface area contributed by atoms with Crippen LogP contribution in [-0.4, -0.2) is 25.4 Å². The molecule has 0 aliphatic carbocycles. The van der Waals surface area contributed by atoms with Gasteiger partial charge in [0.15, 0.2) is 0 Å². The molecule has 2 nitrogen and oxygen atoms in total. The van der Waals surface area contributed by atoms with Crippen LogP contribution in [0.15, 0.2) is 17.9 Å². The molecule has 0 saturated carbocycles. The molecular formula is C8H10O2. The van der Waals surface area contributed by atoms with E-state index in [1.807, 2.05) is 0 Å². The molecule has 0 spiro atoms. The number of aliphatic hydroxyl groups is 1. The Labute approximate surface area is 60.8 Å². The van der Waals surface area contributed by atoms with Crippen molar-refractivity contribution in [3.05, 3.63) is 17.9 Å². The Morgan fingerprint density at radius 1 is 1.70 bits per heavy atom. The van der Waals surface area contributed by atoms with E-state index < -0.39 is 0 Å². The second kappa shape index (κ2) is 6.12. The van der Waals surface area contributed by atoms with Gasteiger partial charge < -0.3 is 9.84 Å². The van der Waals surface area contributed by atoms with E-state index >= 15 is 0 Å². The molecule has 10 heavy (non-hydrogen) atoms. The first-order chi connectivity index (χ1) is 4.85. The third-order valence-electron chi connectivity index (χ3n) is 0.827. The van der Waals surface area contributed by atoms with Crippen LogP contribution in [0.2, 0.25) is 0 Å². The lowest BCUT2D eigenvalue weighted by Crippen LogP contribution is -1.86. The minimum atomic E-state index is -0.111. The molecule has 0 aromatic rings. The molecule has 0 aliphatic rings. The molecule has 1 N–H and O–H groups in total. The molecule has 0 aromatic carbocycles. The van der Waals surface area contributed by atoms with Crippen molar-refractivity contribution in [2.75, 3.05) is 20.3 Å². The van der Waals surface area contributed by atoms with Gasteiger partial charge in [0.2, 0.25) is 0 Å². The standard InChI is InChI=1S/C8H10O2/c1-3-8(7-9)5-4-6-10-2/h9H,1,6-7H2,2H3. The summed E-state index contributed by atoms with van der Waals surface area (Å²) in [6, 6.07) is 0. The van der Waals surface area contributed by atoms with Gasteiger partial charge in [-0.15, -0.1) is 5.73 Å². The largest absolute Gasteiger partial charge is 0.390 e. The lowest BCUT2D eigenvalue weighted by atomic mass is 10.3. The highest BCUT2D eigenvalue weighted by Gasteiger charge is 1.82. The summed E-state index contributed by atoms with van der Waals surface area (Å²) >= 11 is 0. The molecule has 0 amide bonds. The SMILES string of the molecule is C=C=C(C#CCOC)CO. The van der Waals surface area contributed by atoms with Gasteiger partial charge in [0.05, 0.1) is 12.2 Å². The minimum absolute atomic E-state index is 0.111. The Bertz CT molecular complexity index is 189. The number of rotatable bonds is 2. The number of hydrogen-bond acceptors (Lipinski definition) is 2. The summed E-state index contributed by atoms with van der Waals surface area (Å²) in [6.07, 6.45) is 0. The van der Waals surface area contributed by atoms with E-state index in [2.05, 4.69) is 28.9 Å². The van der Waals surface area contributed by atoms with Crippen LogP contribution >= 0.6 is 0 Å². The van der Waals surface area contributed by atoms with E-state index in [0.717, 1.165) is 0 Å². The van der Waals surface area contributed by atoms with Gasteiger partial charge >= 0.3 is 0 Å². The summed E-state index contributed by atoms with van der Waals surface area (Å²) in [5, 5.41) is 8.54. The summed E-state index contributed by atoms with van der Waals surface area (Å²) in [5.41, 5.74) is 3.00. The smallest absolute Gasteiger partial charge is 0.107 e. The summed E-state index contributed by atoms with van der Waals surface area (Å²) in [6.45, 7) is 3.60. The van der Waals surface area contributed by atoms with Crippen molar-refractivity contribution >= 4 is 0 Å². The van der Waals surface area contributed by atoms with Crippen LogP contribution in [0.25, 0.3) is 0 Å². The Morgan fingerprint density at radius 3 is 2.80 bits per heavy atom. The monoisotopic (exact) mass is 138 g/mol. The van der Waals surface area contributed by atoms with E-state index in [1.165, 1.54) is 0 Å². The van der Waals surface area contributed by atoms with Gasteiger partial charge in [0.1, 0.15) is 6.61 Å². The number of hydrogen-bond donors (Lipinski definition) is 1. The molecule has 0 aliphatic heterocycles. The van der Waals surface area contributed by atoms with Crippen molar-refractivity contribution in [1.29, 1.82) is 0 Å². The first kappa shape index (κ1) is 9.00. The van der Waals surface area contributed by atoms with E-state index in [1.54, 1.807) is 7.11 Å². The Balaban J connectivity index is 3.89. The zero-order valence-corrected chi connectivity index (χ0v) is 5.98. The molecule has 0 fully saturated rings. The van der Waals surface area contributed by atoms with Gasteiger partial charge in [-0.2, -0.15) is 0 Å². The average molecular weight is 138 g/mol. The van der Waals surface area contributed by atoms with E-state index in [9.17, 15) is 0 Å². The predicted octanol–water partition coefficient (Wildman–Crippen LogP) is 0.340. The summed E-state index contributed by atoms with van der Waals surface area (Å²) in [7, 11) is 1.56. The van der Waals surface area contributed by atoms with Gasteiger partial charge in [-0.05, 0) is 0 Å². The topological polar surface area (TPSA) is 29.5 Å². The van der Waals surface area contributed by atoms with Gasteiger partial charge in [0.25, 0.3) is 0 Å². The highest BCUT2D eigenvalue weighted by molar-refractivity contribution is 5.27. The van der Waals surface area contributed by atoms with Crippen molar-refractivity contribution in [3.8, 4) is 11.8 Å². The second-order valence-electron chi connectivity index (χ2n) is 1.55. The molecule has 0 unspecified atom stereocenters. The quantitative estimate of drug-likeness (QED) is 0.440. The summed E-state index contributed by atoms with van der Waals surface area (Å²) in [4.78, 5) is 0. The fourth-order valence-electron chi connectivity index (χ4n) is 0.355. The highest BCUT2D eigenvalue weighted by Crippen LogP contribution is 1.83. The molecular weight excluding hydrogens is 128 g/mol. The van der Waals surface area contributed by atoms with Gasteiger partial charge in [-0.1, -0.05) is 18.4 Å². The number of aliphatic hydroxyl groups excluding tert-OH is 1. The summed E-state index contributed by atoms with van der Waals surface area (Å²) in [5.74, 6) is 5.30. The predicted molar refractivity (Wildman–Crippen MR) is 39.4 cm³/mol. The first-order valence-corrected chi connectivity index (χ1v) is 2.82. The molecule has 0 heterocycles. The first-order valence-electron chi connectivity index (χ1n) is 2.82. The van der Waals surface area contributed by atoms with E-state index in [-0.39, 0.29) is 6.61 Å². The van der Waals surface area contributed by atoms with Crippen LogP contribution in [0.1, 0.15) is 0 Å². The second-order valence-corrected chi connectivity index (χ2v) is 1.55. The zero-order valence-electron chi connectivity index (χ0n) is 5.98. The maximum Gasteiger partial charge on any atom is 0.107 e. The van der Waals surface area contributed by atoms with Crippen molar-refractivity contribution in [2.24, 2.45) is 0 Å². The molecule has 0 bridgehead atoms. The van der Waals surface area contributed by atoms with Crippen LogP contribution < -0.4 is 0 Å². The molecule has 0 radical (unpaired) electrons. The van der Waals surface area contributed by atoms with Crippen LogP contribution in [0, 0.1) is 11.8 Å². The Hall–Kier alpha value is -1.00. The lowest BCUT2D eigenvalue weighted by molar-refractivity contribution is 0.239. The maximum absolute atomic E-state index is 8.54. The molecule has 0 rings (SSSR count). The van der Waals surface area contributed by atoms with Crippen LogP contribution in [0.3, 0.4) is 0 Å². The molecule has 2 heteroatoms. The Kier molecular flexibility index (Phi) is 5.51. The van der Waals surface area contributed by atoms with Crippen molar-refractivity contribution in [2.45, 2.75) is 0 Å². The van der Waals surface area contributed by atoms with Crippen LogP contribution in [0.4, 0.5) is 0 Å². The van der Waals surface area contributed by atoms with Crippen molar-refractivity contribution < 1.29 is 9.84 Å². The molecule has 0 atom stereocenters. The average Bonchev–Trinajstić information content (AvgIpc) is 1.99. The molecule has 54 valence electrons. The normalized spacial score (nSPS) is 7.40. The van der Waals surface area contributed by atoms with Crippen molar-refractivity contribution in [1.82, 2.24) is 0 Å². The summed E-state index contributed by atoms with van der Waals surface area (Å²) < 4.78 is 4.66.